The van der Waals surface area contributed by atoms with Crippen LogP contribution >= 0.6 is 0 Å². The minimum Gasteiger partial charge on any atom is -0.508 e. The lowest BCUT2D eigenvalue weighted by Crippen LogP contribution is -2.27. The molecule has 2 aromatic carbocycles. The fourth-order valence-corrected chi connectivity index (χ4v) is 4.76. The molecule has 33 heavy (non-hydrogen) atoms. The summed E-state index contributed by atoms with van der Waals surface area (Å²) >= 11 is 0. The van der Waals surface area contributed by atoms with Crippen molar-refractivity contribution in [2.45, 2.75) is 38.4 Å². The molecule has 176 valence electrons. The Kier molecular flexibility index (Phi) is 6.28. The summed E-state index contributed by atoms with van der Waals surface area (Å²) in [7, 11) is 0. The van der Waals surface area contributed by atoms with Crippen molar-refractivity contribution in [2.24, 2.45) is 5.92 Å². The van der Waals surface area contributed by atoms with Gasteiger partial charge in [0, 0.05) is 50.7 Å². The topological polar surface area (TPSA) is 100 Å². The van der Waals surface area contributed by atoms with E-state index in [4.69, 9.17) is 14.2 Å². The van der Waals surface area contributed by atoms with E-state index in [9.17, 15) is 15.0 Å². The Hall–Kier alpha value is -2.97. The summed E-state index contributed by atoms with van der Waals surface area (Å²) in [5.74, 6) is -0.210. The van der Waals surface area contributed by atoms with E-state index >= 15 is 0 Å². The Labute approximate surface area is 193 Å². The van der Waals surface area contributed by atoms with E-state index in [1.54, 1.807) is 4.90 Å². The van der Waals surface area contributed by atoms with E-state index in [0.29, 0.717) is 45.4 Å². The average molecular weight is 455 g/mol. The van der Waals surface area contributed by atoms with Gasteiger partial charge in [-0.05, 0) is 42.4 Å². The van der Waals surface area contributed by atoms with Crippen LogP contribution in [0.3, 0.4) is 0 Å². The maximum absolute atomic E-state index is 13.5. The Balaban J connectivity index is 1.34. The number of nitrogens with one attached hydrogen (secondary N) is 1. The fourth-order valence-electron chi connectivity index (χ4n) is 4.76. The number of carbonyl (C=O) groups is 1. The summed E-state index contributed by atoms with van der Waals surface area (Å²) in [4.78, 5) is 15.2. The second-order valence-corrected chi connectivity index (χ2v) is 9.01. The lowest BCUT2D eigenvalue weighted by atomic mass is 10.0. The third kappa shape index (κ3) is 4.72. The largest absolute Gasteiger partial charge is 0.508 e. The maximum atomic E-state index is 13.5. The van der Waals surface area contributed by atoms with E-state index in [1.165, 1.54) is 12.1 Å². The molecule has 1 unspecified atom stereocenters. The molecule has 0 spiro atoms. The molecule has 5 rings (SSSR count). The van der Waals surface area contributed by atoms with Gasteiger partial charge in [0.2, 0.25) is 0 Å². The molecule has 8 heteroatoms. The first-order valence-corrected chi connectivity index (χ1v) is 11.6. The quantitative estimate of drug-likeness (QED) is 0.616. The minimum atomic E-state index is -0.319. The van der Waals surface area contributed by atoms with Gasteiger partial charge in [0.05, 0.1) is 19.3 Å². The standard InChI is InChI=1S/C25H30N2O6/c28-19-10-22(29)24(23(11-19)33-14-16-4-7-31-8-5-16)25(30)27-12-17-2-1-3-21(20(17)13-27)26-18-6-9-32-15-18/h1-3,10-11,16,18,26,28-29H,4-9,12-15H2. The Morgan fingerprint density at radius 1 is 1.09 bits per heavy atom. The summed E-state index contributed by atoms with van der Waals surface area (Å²) in [6.45, 7) is 4.12. The van der Waals surface area contributed by atoms with Crippen LogP contribution in [-0.4, -0.2) is 60.1 Å². The predicted octanol–water partition coefficient (Wildman–Crippen LogP) is 3.26. The molecule has 3 aliphatic heterocycles. The van der Waals surface area contributed by atoms with Crippen molar-refractivity contribution >= 4 is 11.6 Å². The van der Waals surface area contributed by atoms with Gasteiger partial charge in [-0.25, -0.2) is 0 Å². The average Bonchev–Trinajstić information content (AvgIpc) is 3.48. The van der Waals surface area contributed by atoms with Crippen LogP contribution in [0.25, 0.3) is 0 Å². The van der Waals surface area contributed by atoms with E-state index in [-0.39, 0.29) is 34.8 Å². The molecule has 0 saturated carbocycles. The second-order valence-electron chi connectivity index (χ2n) is 9.01. The normalized spacial score (nSPS) is 20.6. The van der Waals surface area contributed by atoms with Gasteiger partial charge < -0.3 is 34.6 Å². The van der Waals surface area contributed by atoms with Gasteiger partial charge in [0.1, 0.15) is 22.8 Å². The molecular formula is C25H30N2O6. The van der Waals surface area contributed by atoms with E-state index < -0.39 is 0 Å². The summed E-state index contributed by atoms with van der Waals surface area (Å²) in [6, 6.07) is 8.91. The number of phenolic OH excluding ortho intramolecular Hbond substituents is 2. The molecule has 2 saturated heterocycles. The smallest absolute Gasteiger partial charge is 0.262 e. The number of hydrogen-bond donors (Lipinski definition) is 3. The number of aromatic hydroxyl groups is 2. The molecule has 8 nitrogen and oxygen atoms in total. The number of benzene rings is 2. The minimum absolute atomic E-state index is 0.0892. The molecule has 2 aromatic rings. The van der Waals surface area contributed by atoms with Crippen LogP contribution in [0.5, 0.6) is 17.2 Å². The highest BCUT2D eigenvalue weighted by Gasteiger charge is 2.31. The first-order chi connectivity index (χ1) is 16.1. The van der Waals surface area contributed by atoms with Crippen molar-refractivity contribution in [3.8, 4) is 17.2 Å². The molecule has 0 aromatic heterocycles. The molecule has 3 aliphatic rings. The molecule has 2 fully saturated rings. The van der Waals surface area contributed by atoms with Crippen LogP contribution in [-0.2, 0) is 22.6 Å². The number of ether oxygens (including phenoxy) is 3. The van der Waals surface area contributed by atoms with Crippen LogP contribution in [0.15, 0.2) is 30.3 Å². The molecule has 1 amide bonds. The van der Waals surface area contributed by atoms with E-state index in [2.05, 4.69) is 5.32 Å². The van der Waals surface area contributed by atoms with Gasteiger partial charge in [-0.2, -0.15) is 0 Å². The monoisotopic (exact) mass is 454 g/mol. The third-order valence-electron chi connectivity index (χ3n) is 6.66. The fraction of sp³-hybridized carbons (Fsp3) is 0.480. The summed E-state index contributed by atoms with van der Waals surface area (Å²) in [5, 5.41) is 24.1. The Bertz CT molecular complexity index is 1010. The van der Waals surface area contributed by atoms with Gasteiger partial charge in [-0.15, -0.1) is 0 Å². The van der Waals surface area contributed by atoms with Crippen LogP contribution in [0.4, 0.5) is 5.69 Å². The van der Waals surface area contributed by atoms with Crippen LogP contribution in [0.2, 0.25) is 0 Å². The number of rotatable bonds is 6. The SMILES string of the molecule is O=C(c1c(O)cc(O)cc1OCC1CCOCC1)N1Cc2cccc(NC3CCOC3)c2C1. The van der Waals surface area contributed by atoms with Crippen molar-refractivity contribution in [1.82, 2.24) is 4.90 Å². The summed E-state index contributed by atoms with van der Waals surface area (Å²) in [6.07, 6.45) is 2.73. The van der Waals surface area contributed by atoms with Crippen molar-refractivity contribution < 1.29 is 29.2 Å². The molecule has 3 heterocycles. The maximum Gasteiger partial charge on any atom is 0.262 e. The van der Waals surface area contributed by atoms with Crippen molar-refractivity contribution in [2.75, 3.05) is 38.4 Å². The molecule has 0 bridgehead atoms. The second kappa shape index (κ2) is 9.49. The van der Waals surface area contributed by atoms with E-state index in [1.807, 2.05) is 18.2 Å². The first kappa shape index (κ1) is 21.9. The number of anilines is 1. The third-order valence-corrected chi connectivity index (χ3v) is 6.66. The number of amides is 1. The van der Waals surface area contributed by atoms with Gasteiger partial charge in [0.15, 0.2) is 0 Å². The molecule has 3 N–H and O–H groups in total. The molecule has 0 radical (unpaired) electrons. The van der Waals surface area contributed by atoms with Crippen LogP contribution in [0.1, 0.15) is 40.7 Å². The number of fused-ring (bicyclic) bond motifs is 1. The molecule has 0 aliphatic carbocycles. The highest BCUT2D eigenvalue weighted by Crippen LogP contribution is 2.37. The number of nitrogens with zero attached hydrogens (tertiary/aromatic N) is 1. The Morgan fingerprint density at radius 3 is 2.70 bits per heavy atom. The van der Waals surface area contributed by atoms with E-state index in [0.717, 1.165) is 42.7 Å². The van der Waals surface area contributed by atoms with Crippen LogP contribution < -0.4 is 10.1 Å². The zero-order valence-corrected chi connectivity index (χ0v) is 18.6. The summed E-state index contributed by atoms with van der Waals surface area (Å²) < 4.78 is 16.8. The highest BCUT2D eigenvalue weighted by atomic mass is 16.5. The highest BCUT2D eigenvalue weighted by molar-refractivity contribution is 6.00. The number of hydrogen-bond acceptors (Lipinski definition) is 7. The van der Waals surface area contributed by atoms with Gasteiger partial charge in [0.25, 0.3) is 5.91 Å². The van der Waals surface area contributed by atoms with Crippen molar-refractivity contribution in [3.63, 3.8) is 0 Å². The molecular weight excluding hydrogens is 424 g/mol. The van der Waals surface area contributed by atoms with Gasteiger partial charge in [-0.1, -0.05) is 12.1 Å². The zero-order chi connectivity index (χ0) is 22.8. The van der Waals surface area contributed by atoms with Gasteiger partial charge in [-0.3, -0.25) is 4.79 Å². The van der Waals surface area contributed by atoms with Crippen molar-refractivity contribution in [3.05, 3.63) is 47.0 Å². The van der Waals surface area contributed by atoms with Crippen molar-refractivity contribution in [1.29, 1.82) is 0 Å². The Morgan fingerprint density at radius 2 is 1.91 bits per heavy atom. The predicted molar refractivity (Wildman–Crippen MR) is 122 cm³/mol. The molecule has 1 atom stereocenters. The lowest BCUT2D eigenvalue weighted by molar-refractivity contribution is 0.0491. The van der Waals surface area contributed by atoms with Crippen LogP contribution in [0, 0.1) is 5.92 Å². The summed E-state index contributed by atoms with van der Waals surface area (Å²) in [5.41, 5.74) is 3.27. The zero-order valence-electron chi connectivity index (χ0n) is 18.6. The van der Waals surface area contributed by atoms with Gasteiger partial charge >= 0.3 is 0 Å². The first-order valence-electron chi connectivity index (χ1n) is 11.6. The lowest BCUT2D eigenvalue weighted by Gasteiger charge is -2.24. The number of phenols is 2. The number of carbonyl (C=O) groups excluding carboxylic acids is 1.